The molecule has 9 rings (SSSR count). The fraction of sp³-hybridized carbons (Fsp3) is 0.311. The van der Waals surface area contributed by atoms with Crippen LogP contribution in [0.15, 0.2) is 218 Å². The van der Waals surface area contributed by atoms with Crippen molar-refractivity contribution in [2.45, 2.75) is 69.8 Å². The van der Waals surface area contributed by atoms with Crippen molar-refractivity contribution in [1.29, 1.82) is 0 Å². The molecule has 0 unspecified atom stereocenters. The minimum absolute atomic E-state index is 0.0312. The summed E-state index contributed by atoms with van der Waals surface area (Å²) >= 11 is 0. The Balaban J connectivity index is 1.18. The lowest BCUT2D eigenvalue weighted by atomic mass is 10.0. The summed E-state index contributed by atoms with van der Waals surface area (Å²) in [6.07, 6.45) is -1.59. The number of rotatable bonds is 21. The first-order valence-electron chi connectivity index (χ1n) is 25.1. The molecule has 12 nitrogen and oxygen atoms in total. The van der Waals surface area contributed by atoms with E-state index >= 15 is 0 Å². The Kier molecular flexibility index (Phi) is 18.8. The highest BCUT2D eigenvalue weighted by Crippen LogP contribution is 2.44. The van der Waals surface area contributed by atoms with Crippen molar-refractivity contribution in [2.24, 2.45) is 0 Å². The minimum atomic E-state index is -1.74. The lowest BCUT2D eigenvalue weighted by Gasteiger charge is -2.38. The summed E-state index contributed by atoms with van der Waals surface area (Å²) in [5, 5.41) is 0. The Hall–Kier alpha value is -6.74. The summed E-state index contributed by atoms with van der Waals surface area (Å²) in [5.41, 5.74) is 5.88. The molecule has 5 atom stereocenters. The van der Waals surface area contributed by atoms with Gasteiger partial charge in [0.25, 0.3) is 5.79 Å². The third-order valence-electron chi connectivity index (χ3n) is 12.6. The van der Waals surface area contributed by atoms with E-state index in [1.165, 1.54) is 5.56 Å². The van der Waals surface area contributed by atoms with Gasteiger partial charge in [-0.05, 0) is 33.4 Å². The second-order valence-corrected chi connectivity index (χ2v) is 18.0. The maximum atomic E-state index is 7.37. The van der Waals surface area contributed by atoms with Gasteiger partial charge in [-0.3, -0.25) is 4.90 Å². The maximum Gasteiger partial charge on any atom is 0.331 e. The molecule has 0 radical (unpaired) electrons. The first-order valence-corrected chi connectivity index (χ1v) is 25.1. The van der Waals surface area contributed by atoms with Gasteiger partial charge in [0.15, 0.2) is 18.0 Å². The number of fused-ring (bicyclic) bond motifs is 4. The first-order chi connectivity index (χ1) is 36.1. The van der Waals surface area contributed by atoms with Gasteiger partial charge >= 0.3 is 5.95 Å². The first kappa shape index (κ1) is 51.2. The Labute approximate surface area is 429 Å². The van der Waals surface area contributed by atoms with Crippen LogP contribution >= 0.6 is 0 Å². The molecule has 0 spiro atoms. The van der Waals surface area contributed by atoms with E-state index in [1.54, 1.807) is 6.08 Å². The fourth-order valence-corrected chi connectivity index (χ4v) is 8.85. The van der Waals surface area contributed by atoms with Gasteiger partial charge in [0.2, 0.25) is 11.5 Å². The molecule has 0 aliphatic carbocycles. The molecule has 12 heteroatoms. The molecule has 0 N–H and O–H groups in total. The molecule has 3 heterocycles. The predicted molar refractivity (Wildman–Crippen MR) is 276 cm³/mol. The van der Waals surface area contributed by atoms with Gasteiger partial charge in [-0.15, -0.1) is 6.58 Å². The topological polar surface area (TPSA) is 105 Å². The molecule has 6 aromatic carbocycles. The highest BCUT2D eigenvalue weighted by atomic mass is 16.8. The van der Waals surface area contributed by atoms with E-state index in [2.05, 4.69) is 35.7 Å². The van der Waals surface area contributed by atoms with Gasteiger partial charge in [0, 0.05) is 19.6 Å². The van der Waals surface area contributed by atoms with Crippen molar-refractivity contribution in [3.05, 3.63) is 251 Å². The molecule has 0 amide bonds. The number of nitrogens with zero attached hydrogens (tertiary/aromatic N) is 1. The average Bonchev–Trinajstić information content (AvgIpc) is 3.72. The van der Waals surface area contributed by atoms with Crippen molar-refractivity contribution >= 4 is 0 Å². The zero-order valence-corrected chi connectivity index (χ0v) is 41.3. The van der Waals surface area contributed by atoms with Gasteiger partial charge in [-0.1, -0.05) is 188 Å². The van der Waals surface area contributed by atoms with Crippen molar-refractivity contribution in [1.82, 2.24) is 4.90 Å². The summed E-state index contributed by atoms with van der Waals surface area (Å²) in [6, 6.07) is 60.2. The molecular weight excluding hydrogens is 923 g/mol. The van der Waals surface area contributed by atoms with E-state index in [0.29, 0.717) is 38.6 Å². The monoisotopic (exact) mass is 987 g/mol. The fourth-order valence-electron chi connectivity index (χ4n) is 8.85. The van der Waals surface area contributed by atoms with Crippen molar-refractivity contribution in [2.75, 3.05) is 52.7 Å². The van der Waals surface area contributed by atoms with E-state index in [-0.39, 0.29) is 76.9 Å². The Bertz CT molecular complexity index is 2620. The van der Waals surface area contributed by atoms with Crippen LogP contribution in [-0.2, 0) is 91.7 Å². The summed E-state index contributed by atoms with van der Waals surface area (Å²) in [5.74, 6) is -0.941. The standard InChI is InChI=1S/C61H65NO11/c1-2-35-65-46-61-59(70-43-52-31-19-8-20-32-52)56(67-40-49-25-13-5-14-26-49)54(72-61)45-64-37-34-62(38-47-21-9-3-10-22-47)33-36-63-44-53-55(66-39-48-23-11-4-12-24-48)57(68-41-50-27-15-6-16-28-50)58(60(71-53)73-61)69-42-51-29-17-7-18-30-51/h2-32,53-54,56,59H,1,33-46H2/t53-,54-,56-,59+,61+/m1/s1. The lowest BCUT2D eigenvalue weighted by molar-refractivity contribution is -0.295. The Morgan fingerprint density at radius 2 is 1.00 bits per heavy atom. The lowest BCUT2D eigenvalue weighted by Crippen LogP contribution is -2.52. The molecule has 3 aliphatic rings. The molecule has 73 heavy (non-hydrogen) atoms. The van der Waals surface area contributed by atoms with E-state index in [9.17, 15) is 0 Å². The van der Waals surface area contributed by atoms with E-state index in [1.807, 2.05) is 158 Å². The quantitative estimate of drug-likeness (QED) is 0.0507. The maximum absolute atomic E-state index is 7.37. The van der Waals surface area contributed by atoms with Crippen LogP contribution in [0.3, 0.4) is 0 Å². The molecule has 6 aromatic rings. The third-order valence-corrected chi connectivity index (χ3v) is 12.6. The van der Waals surface area contributed by atoms with Gasteiger partial charge in [0.1, 0.15) is 38.6 Å². The number of hydrogen-bond donors (Lipinski definition) is 0. The Morgan fingerprint density at radius 1 is 0.534 bits per heavy atom. The summed E-state index contributed by atoms with van der Waals surface area (Å²) in [6.45, 7) is 7.91. The number of ether oxygens (including phenoxy) is 11. The summed E-state index contributed by atoms with van der Waals surface area (Å²) in [7, 11) is 0. The molecular formula is C61H65NO11. The smallest absolute Gasteiger partial charge is 0.331 e. The number of benzene rings is 6. The van der Waals surface area contributed by atoms with Crippen LogP contribution in [0.1, 0.15) is 33.4 Å². The molecule has 3 aliphatic heterocycles. The van der Waals surface area contributed by atoms with Gasteiger partial charge < -0.3 is 52.1 Å². The van der Waals surface area contributed by atoms with Crippen molar-refractivity contribution < 1.29 is 52.1 Å². The van der Waals surface area contributed by atoms with Crippen LogP contribution < -0.4 is 0 Å². The third kappa shape index (κ3) is 14.5. The molecule has 2 fully saturated rings. The summed E-state index contributed by atoms with van der Waals surface area (Å²) < 4.78 is 76.0. The van der Waals surface area contributed by atoms with Gasteiger partial charge in [-0.2, -0.15) is 0 Å². The molecule has 0 aromatic heterocycles. The average molecular weight is 988 g/mol. The van der Waals surface area contributed by atoms with Crippen LogP contribution in [-0.4, -0.2) is 87.8 Å². The zero-order valence-electron chi connectivity index (χ0n) is 41.3. The highest BCUT2D eigenvalue weighted by Gasteiger charge is 2.61. The van der Waals surface area contributed by atoms with E-state index in [0.717, 1.165) is 27.8 Å². The second kappa shape index (κ2) is 26.8. The van der Waals surface area contributed by atoms with Crippen LogP contribution in [0.5, 0.6) is 0 Å². The zero-order chi connectivity index (χ0) is 49.8. The Morgan fingerprint density at radius 3 is 1.53 bits per heavy atom. The SMILES string of the molecule is C=CCOC[C@@]12OC3=C(OCc4ccccc4)C(OCc4ccccc4)=C(OCc4ccccc4)[C@@H](COCCN(Cc4ccccc4)CCOC[C@@H](O1)[C@@H](OCc1ccccc1)[C@@H]2OCc1ccccc1)O3. The largest absolute Gasteiger partial charge is 0.485 e. The normalized spacial score (nSPS) is 21.7. The van der Waals surface area contributed by atoms with E-state index in [4.69, 9.17) is 52.1 Å². The van der Waals surface area contributed by atoms with Crippen LogP contribution in [0.4, 0.5) is 0 Å². The van der Waals surface area contributed by atoms with Crippen LogP contribution in [0.25, 0.3) is 0 Å². The van der Waals surface area contributed by atoms with E-state index < -0.39 is 30.2 Å². The van der Waals surface area contributed by atoms with Crippen LogP contribution in [0.2, 0.25) is 0 Å². The predicted octanol–water partition coefficient (Wildman–Crippen LogP) is 10.5. The molecule has 0 saturated carbocycles. The van der Waals surface area contributed by atoms with Gasteiger partial charge in [0.05, 0.1) is 46.2 Å². The second-order valence-electron chi connectivity index (χ2n) is 18.0. The van der Waals surface area contributed by atoms with Crippen molar-refractivity contribution in [3.8, 4) is 0 Å². The molecule has 2 saturated heterocycles. The highest BCUT2D eigenvalue weighted by molar-refractivity contribution is 5.32. The number of hydrogen-bond acceptors (Lipinski definition) is 12. The van der Waals surface area contributed by atoms with Gasteiger partial charge in [-0.25, -0.2) is 0 Å². The molecule has 4 bridgehead atoms. The van der Waals surface area contributed by atoms with Crippen LogP contribution in [0, 0.1) is 0 Å². The summed E-state index contributed by atoms with van der Waals surface area (Å²) in [4.78, 5) is 2.32. The minimum Gasteiger partial charge on any atom is -0.485 e. The van der Waals surface area contributed by atoms with Crippen molar-refractivity contribution in [3.63, 3.8) is 0 Å². The molecule has 380 valence electrons.